The molecular weight excluding hydrogens is 226 g/mol. The molecule has 0 amide bonds. The van der Waals surface area contributed by atoms with Crippen molar-refractivity contribution in [2.45, 2.75) is 13.1 Å². The second-order valence-electron chi connectivity index (χ2n) is 4.08. The van der Waals surface area contributed by atoms with Gasteiger partial charge in [-0.1, -0.05) is 24.3 Å². The van der Waals surface area contributed by atoms with Crippen LogP contribution in [0.1, 0.15) is 17.3 Å². The van der Waals surface area contributed by atoms with Crippen molar-refractivity contribution in [1.29, 1.82) is 0 Å². The van der Waals surface area contributed by atoms with Crippen molar-refractivity contribution >= 4 is 5.82 Å². The largest absolute Gasteiger partial charge is 0.496 e. The highest BCUT2D eigenvalue weighted by Gasteiger charge is 2.11. The molecule has 0 aliphatic heterocycles. The van der Waals surface area contributed by atoms with E-state index in [1.165, 1.54) is 0 Å². The number of rotatable bonds is 4. The molecule has 1 unspecified atom stereocenters. The Morgan fingerprint density at radius 2 is 2.00 bits per heavy atom. The van der Waals surface area contributed by atoms with Crippen LogP contribution in [-0.2, 0) is 0 Å². The van der Waals surface area contributed by atoms with E-state index in [2.05, 4.69) is 10.3 Å². The number of aromatic nitrogens is 1. The van der Waals surface area contributed by atoms with Crippen molar-refractivity contribution in [3.05, 3.63) is 53.7 Å². The van der Waals surface area contributed by atoms with Crippen LogP contribution in [0, 0.1) is 6.92 Å². The topological polar surface area (TPSA) is 60.2 Å². The lowest BCUT2D eigenvalue weighted by atomic mass is 10.1. The summed E-state index contributed by atoms with van der Waals surface area (Å²) in [5.74, 6) is 1.52. The van der Waals surface area contributed by atoms with Crippen LogP contribution in [0.4, 0.5) is 5.82 Å². The van der Waals surface area contributed by atoms with Crippen LogP contribution in [0.2, 0.25) is 0 Å². The summed E-state index contributed by atoms with van der Waals surface area (Å²) in [6.07, 6.45) is 1.45. The molecule has 0 fully saturated rings. The third-order valence-corrected chi connectivity index (χ3v) is 2.69. The van der Waals surface area contributed by atoms with Gasteiger partial charge in [0.25, 0.3) is 0 Å². The van der Waals surface area contributed by atoms with Crippen molar-refractivity contribution in [2.75, 3.05) is 12.4 Å². The molecule has 1 atom stereocenters. The zero-order valence-electron chi connectivity index (χ0n) is 10.6. The number of hydrogen-bond acceptors (Lipinski definition) is 4. The third-order valence-electron chi connectivity index (χ3n) is 2.69. The Kier molecular flexibility index (Phi) is 3.79. The molecule has 0 aliphatic rings. The molecule has 2 rings (SSSR count). The van der Waals surface area contributed by atoms with E-state index in [4.69, 9.17) is 10.5 Å². The van der Waals surface area contributed by atoms with E-state index in [1.807, 2.05) is 43.3 Å². The van der Waals surface area contributed by atoms with E-state index in [0.29, 0.717) is 0 Å². The van der Waals surface area contributed by atoms with Gasteiger partial charge in [-0.05, 0) is 24.6 Å². The van der Waals surface area contributed by atoms with E-state index in [1.54, 1.807) is 13.3 Å². The number of anilines is 1. The summed E-state index contributed by atoms with van der Waals surface area (Å²) < 4.78 is 5.28. The molecule has 2 aromatic rings. The normalized spacial score (nSPS) is 11.9. The molecule has 0 bridgehead atoms. The number of pyridine rings is 1. The summed E-state index contributed by atoms with van der Waals surface area (Å²) >= 11 is 0. The number of aryl methyl sites for hydroxylation is 1. The molecule has 0 saturated heterocycles. The lowest BCUT2D eigenvalue weighted by Crippen LogP contribution is -2.21. The van der Waals surface area contributed by atoms with Crippen LogP contribution in [0.25, 0.3) is 0 Å². The molecule has 0 radical (unpaired) electrons. The zero-order valence-corrected chi connectivity index (χ0v) is 10.6. The average Bonchev–Trinajstić information content (AvgIpc) is 2.41. The molecule has 0 saturated carbocycles. The number of benzene rings is 1. The van der Waals surface area contributed by atoms with Crippen molar-refractivity contribution < 1.29 is 4.74 Å². The fourth-order valence-corrected chi connectivity index (χ4v) is 1.71. The monoisotopic (exact) mass is 243 g/mol. The highest BCUT2D eigenvalue weighted by Crippen LogP contribution is 2.23. The summed E-state index contributed by atoms with van der Waals surface area (Å²) in [7, 11) is 1.63. The molecule has 18 heavy (non-hydrogen) atoms. The molecule has 0 aliphatic carbocycles. The first kappa shape index (κ1) is 12.4. The first-order valence-electron chi connectivity index (χ1n) is 5.78. The molecule has 4 heteroatoms. The first-order chi connectivity index (χ1) is 8.70. The molecule has 4 nitrogen and oxygen atoms in total. The van der Waals surface area contributed by atoms with Gasteiger partial charge in [-0.3, -0.25) is 0 Å². The Morgan fingerprint density at radius 1 is 1.22 bits per heavy atom. The highest BCUT2D eigenvalue weighted by atomic mass is 16.5. The Hall–Kier alpha value is -2.07. The first-order valence-corrected chi connectivity index (χ1v) is 5.78. The number of hydrogen-bond donors (Lipinski definition) is 2. The second kappa shape index (κ2) is 5.51. The molecule has 94 valence electrons. The molecule has 1 aromatic heterocycles. The van der Waals surface area contributed by atoms with Crippen LogP contribution in [0.5, 0.6) is 5.75 Å². The lowest BCUT2D eigenvalue weighted by Gasteiger charge is -2.17. The molecule has 1 aromatic carbocycles. The Balaban J connectivity index is 2.16. The van der Waals surface area contributed by atoms with E-state index >= 15 is 0 Å². The van der Waals surface area contributed by atoms with Crippen LogP contribution in [0.3, 0.4) is 0 Å². The summed E-state index contributed by atoms with van der Waals surface area (Å²) in [6.45, 7) is 2.00. The zero-order chi connectivity index (χ0) is 13.0. The van der Waals surface area contributed by atoms with Crippen LogP contribution in [-0.4, -0.2) is 12.1 Å². The van der Waals surface area contributed by atoms with Crippen LogP contribution in [0.15, 0.2) is 42.6 Å². The van der Waals surface area contributed by atoms with Crippen LogP contribution < -0.4 is 15.8 Å². The van der Waals surface area contributed by atoms with E-state index < -0.39 is 0 Å². The van der Waals surface area contributed by atoms with Gasteiger partial charge in [0.15, 0.2) is 0 Å². The van der Waals surface area contributed by atoms with Gasteiger partial charge < -0.3 is 15.8 Å². The minimum atomic E-state index is -0.351. The average molecular weight is 243 g/mol. The summed E-state index contributed by atoms with van der Waals surface area (Å²) in [4.78, 5) is 4.27. The predicted molar refractivity (Wildman–Crippen MR) is 72.5 cm³/mol. The molecule has 1 heterocycles. The maximum Gasteiger partial charge on any atom is 0.127 e. The minimum absolute atomic E-state index is 0.351. The standard InChI is InChI=1S/C14H17N3O/c1-10-7-8-13(16-9-10)17-14(15)11-5-3-4-6-12(11)18-2/h3-9,14H,15H2,1-2H3,(H,16,17). The molecule has 3 N–H and O–H groups in total. The summed E-state index contributed by atoms with van der Waals surface area (Å²) in [6, 6.07) is 11.6. The van der Waals surface area contributed by atoms with E-state index in [0.717, 1.165) is 22.7 Å². The number of ether oxygens (including phenoxy) is 1. The second-order valence-corrected chi connectivity index (χ2v) is 4.08. The van der Waals surface area contributed by atoms with Gasteiger partial charge in [0.2, 0.25) is 0 Å². The SMILES string of the molecule is COc1ccccc1C(N)Nc1ccc(C)cn1. The minimum Gasteiger partial charge on any atom is -0.496 e. The van der Waals surface area contributed by atoms with Gasteiger partial charge in [0.1, 0.15) is 17.7 Å². The Bertz CT molecular complexity index is 511. The quantitative estimate of drug-likeness (QED) is 0.810. The van der Waals surface area contributed by atoms with Crippen LogP contribution >= 0.6 is 0 Å². The molecular formula is C14H17N3O. The smallest absolute Gasteiger partial charge is 0.127 e. The number of nitrogens with two attached hydrogens (primary N) is 1. The number of nitrogens with zero attached hydrogens (tertiary/aromatic N) is 1. The van der Waals surface area contributed by atoms with Gasteiger partial charge >= 0.3 is 0 Å². The maximum atomic E-state index is 6.11. The third kappa shape index (κ3) is 2.78. The number of para-hydroxylation sites is 1. The molecule has 0 spiro atoms. The van der Waals surface area contributed by atoms with Gasteiger partial charge in [-0.25, -0.2) is 4.98 Å². The number of methoxy groups -OCH3 is 1. The predicted octanol–water partition coefficient (Wildman–Crippen LogP) is 2.47. The van der Waals surface area contributed by atoms with Crippen molar-refractivity contribution in [2.24, 2.45) is 5.73 Å². The van der Waals surface area contributed by atoms with E-state index in [9.17, 15) is 0 Å². The number of nitrogens with one attached hydrogen (secondary N) is 1. The fourth-order valence-electron chi connectivity index (χ4n) is 1.71. The van der Waals surface area contributed by atoms with E-state index in [-0.39, 0.29) is 6.17 Å². The van der Waals surface area contributed by atoms with Crippen molar-refractivity contribution in [3.63, 3.8) is 0 Å². The summed E-state index contributed by atoms with van der Waals surface area (Å²) in [5.41, 5.74) is 8.13. The van der Waals surface area contributed by atoms with Gasteiger partial charge in [0.05, 0.1) is 7.11 Å². The van der Waals surface area contributed by atoms with Crippen molar-refractivity contribution in [3.8, 4) is 5.75 Å². The van der Waals surface area contributed by atoms with Gasteiger partial charge in [-0.15, -0.1) is 0 Å². The van der Waals surface area contributed by atoms with Gasteiger partial charge in [0, 0.05) is 11.8 Å². The highest BCUT2D eigenvalue weighted by molar-refractivity contribution is 5.43. The fraction of sp³-hybridized carbons (Fsp3) is 0.214. The lowest BCUT2D eigenvalue weighted by molar-refractivity contribution is 0.407. The maximum absolute atomic E-state index is 6.11. The van der Waals surface area contributed by atoms with Gasteiger partial charge in [-0.2, -0.15) is 0 Å². The van der Waals surface area contributed by atoms with Crippen molar-refractivity contribution in [1.82, 2.24) is 4.98 Å². The Labute approximate surface area is 107 Å². The summed E-state index contributed by atoms with van der Waals surface area (Å²) in [5, 5.41) is 3.15. The Morgan fingerprint density at radius 3 is 2.67 bits per heavy atom.